The molecule has 142 valence electrons. The molecule has 0 saturated heterocycles. The molecule has 0 N–H and O–H groups in total. The van der Waals surface area contributed by atoms with E-state index in [0.29, 0.717) is 22.4 Å². The van der Waals surface area contributed by atoms with Crippen molar-refractivity contribution in [2.45, 2.75) is 18.5 Å². The Kier molecular flexibility index (Phi) is 5.15. The van der Waals surface area contributed by atoms with Crippen LogP contribution in [0, 0.1) is 18.3 Å². The van der Waals surface area contributed by atoms with Gasteiger partial charge in [0.1, 0.15) is 11.2 Å². The van der Waals surface area contributed by atoms with Crippen LogP contribution in [0.25, 0.3) is 0 Å². The number of methoxy groups -OCH3 is 1. The Labute approximate surface area is 161 Å². The minimum absolute atomic E-state index is 0.469. The van der Waals surface area contributed by atoms with Crippen molar-refractivity contribution in [1.82, 2.24) is 0 Å². The first-order chi connectivity index (χ1) is 13.3. The highest BCUT2D eigenvalue weighted by Gasteiger charge is 2.38. The van der Waals surface area contributed by atoms with E-state index >= 15 is 0 Å². The van der Waals surface area contributed by atoms with Gasteiger partial charge in [-0.15, -0.1) is 0 Å². The Bertz CT molecular complexity index is 985. The maximum Gasteiger partial charge on any atom is 0.416 e. The molecule has 28 heavy (non-hydrogen) atoms. The lowest BCUT2D eigenvalue weighted by molar-refractivity contribution is -0.137. The summed E-state index contributed by atoms with van der Waals surface area (Å²) in [5, 5.41) is 10.3. The average molecular weight is 381 g/mol. The van der Waals surface area contributed by atoms with Gasteiger partial charge in [0.25, 0.3) is 0 Å². The van der Waals surface area contributed by atoms with Gasteiger partial charge < -0.3 is 4.74 Å². The quantitative estimate of drug-likeness (QED) is 0.529. The molecule has 0 aliphatic rings. The predicted octanol–water partition coefficient (Wildman–Crippen LogP) is 5.88. The lowest BCUT2D eigenvalue weighted by atomic mass is 9.70. The number of nitrogens with zero attached hydrogens (tertiary/aromatic N) is 1. The molecule has 3 aromatic carbocycles. The molecule has 1 unspecified atom stereocenters. The van der Waals surface area contributed by atoms with Crippen LogP contribution in [0.4, 0.5) is 13.2 Å². The van der Waals surface area contributed by atoms with E-state index in [-0.39, 0.29) is 0 Å². The van der Waals surface area contributed by atoms with E-state index in [1.165, 1.54) is 12.1 Å². The fourth-order valence-corrected chi connectivity index (χ4v) is 3.25. The number of hydrogen-bond acceptors (Lipinski definition) is 2. The zero-order valence-corrected chi connectivity index (χ0v) is 15.4. The summed E-state index contributed by atoms with van der Waals surface area (Å²) in [7, 11) is 1.54. The molecule has 0 aromatic heterocycles. The summed E-state index contributed by atoms with van der Waals surface area (Å²) in [6.07, 6.45) is -4.43. The van der Waals surface area contributed by atoms with E-state index < -0.39 is 17.2 Å². The third kappa shape index (κ3) is 3.46. The highest BCUT2D eigenvalue weighted by molar-refractivity contribution is 5.57. The van der Waals surface area contributed by atoms with Gasteiger partial charge in [-0.05, 0) is 47.9 Å². The highest BCUT2D eigenvalue weighted by Crippen LogP contribution is 2.40. The highest BCUT2D eigenvalue weighted by atomic mass is 19.4. The van der Waals surface area contributed by atoms with Crippen molar-refractivity contribution >= 4 is 0 Å². The second-order valence-corrected chi connectivity index (χ2v) is 6.53. The molecule has 0 amide bonds. The summed E-state index contributed by atoms with van der Waals surface area (Å²) < 4.78 is 44.2. The number of alkyl halides is 3. The Morgan fingerprint density at radius 2 is 1.11 bits per heavy atom. The molecule has 0 saturated carbocycles. The average Bonchev–Trinajstić information content (AvgIpc) is 2.70. The molecule has 1 atom stereocenters. The van der Waals surface area contributed by atoms with Crippen LogP contribution in [0.5, 0.6) is 5.75 Å². The molecular formula is C23H18F3NO. The van der Waals surface area contributed by atoms with Gasteiger partial charge in [0.15, 0.2) is 0 Å². The predicted molar refractivity (Wildman–Crippen MR) is 101 cm³/mol. The van der Waals surface area contributed by atoms with Gasteiger partial charge in [-0.1, -0.05) is 54.1 Å². The Balaban J connectivity index is 2.24. The zero-order valence-electron chi connectivity index (χ0n) is 15.4. The molecule has 3 aromatic rings. The molecule has 0 spiro atoms. The van der Waals surface area contributed by atoms with E-state index in [1.54, 1.807) is 31.4 Å². The summed E-state index contributed by atoms with van der Waals surface area (Å²) in [6, 6.07) is 21.6. The first-order valence-corrected chi connectivity index (χ1v) is 8.62. The van der Waals surface area contributed by atoms with Crippen LogP contribution >= 0.6 is 0 Å². The van der Waals surface area contributed by atoms with E-state index in [2.05, 4.69) is 6.07 Å². The van der Waals surface area contributed by atoms with Crippen molar-refractivity contribution in [3.8, 4) is 11.8 Å². The van der Waals surface area contributed by atoms with Crippen molar-refractivity contribution < 1.29 is 17.9 Å². The van der Waals surface area contributed by atoms with Crippen molar-refractivity contribution in [2.75, 3.05) is 7.11 Å². The second kappa shape index (κ2) is 7.40. The number of aryl methyl sites for hydroxylation is 1. The van der Waals surface area contributed by atoms with Gasteiger partial charge in [0.05, 0.1) is 18.7 Å². The first-order valence-electron chi connectivity index (χ1n) is 8.62. The smallest absolute Gasteiger partial charge is 0.416 e. The van der Waals surface area contributed by atoms with Crippen LogP contribution < -0.4 is 4.74 Å². The molecule has 0 heterocycles. The Hall–Kier alpha value is -3.26. The van der Waals surface area contributed by atoms with Crippen molar-refractivity contribution in [3.05, 3.63) is 101 Å². The Morgan fingerprint density at radius 1 is 0.714 bits per heavy atom. The summed E-state index contributed by atoms with van der Waals surface area (Å²) >= 11 is 0. The van der Waals surface area contributed by atoms with Crippen molar-refractivity contribution in [1.29, 1.82) is 5.26 Å². The van der Waals surface area contributed by atoms with Gasteiger partial charge in [0.2, 0.25) is 0 Å². The number of hydrogen-bond donors (Lipinski definition) is 0. The van der Waals surface area contributed by atoms with Crippen LogP contribution in [0.3, 0.4) is 0 Å². The van der Waals surface area contributed by atoms with Gasteiger partial charge in [-0.25, -0.2) is 0 Å². The SMILES string of the molecule is COc1ccc(C(C#N)(c2ccc(C)cc2)c2ccc(C(F)(F)F)cc2)cc1. The van der Waals surface area contributed by atoms with E-state index in [9.17, 15) is 18.4 Å². The molecule has 0 radical (unpaired) electrons. The molecule has 5 heteroatoms. The van der Waals surface area contributed by atoms with Crippen molar-refractivity contribution in [2.24, 2.45) is 0 Å². The topological polar surface area (TPSA) is 33.0 Å². The van der Waals surface area contributed by atoms with Gasteiger partial charge in [0, 0.05) is 0 Å². The van der Waals surface area contributed by atoms with Crippen LogP contribution in [0.15, 0.2) is 72.8 Å². The molecule has 3 rings (SSSR count). The van der Waals surface area contributed by atoms with E-state index in [4.69, 9.17) is 4.74 Å². The van der Waals surface area contributed by atoms with Crippen LogP contribution in [-0.2, 0) is 11.6 Å². The molecule has 0 aliphatic heterocycles. The van der Waals surface area contributed by atoms with Crippen molar-refractivity contribution in [3.63, 3.8) is 0 Å². The first kappa shape index (κ1) is 19.5. The summed E-state index contributed by atoms with van der Waals surface area (Å²) in [5.74, 6) is 0.631. The number of benzene rings is 3. The maximum absolute atomic E-state index is 13.0. The molecular weight excluding hydrogens is 363 g/mol. The standard InChI is InChI=1S/C23H18F3NO/c1-16-3-5-17(6-4-16)22(15-27,19-11-13-21(28-2)14-12-19)18-7-9-20(10-8-18)23(24,25)26/h3-14H,1-2H3. The molecule has 0 aliphatic carbocycles. The monoisotopic (exact) mass is 381 g/mol. The Morgan fingerprint density at radius 3 is 1.50 bits per heavy atom. The largest absolute Gasteiger partial charge is 0.497 e. The lowest BCUT2D eigenvalue weighted by Crippen LogP contribution is -2.27. The fraction of sp³-hybridized carbons (Fsp3) is 0.174. The van der Waals surface area contributed by atoms with Gasteiger partial charge in [-0.2, -0.15) is 18.4 Å². The van der Waals surface area contributed by atoms with Crippen LogP contribution in [-0.4, -0.2) is 7.11 Å². The molecule has 0 fully saturated rings. The van der Waals surface area contributed by atoms with Crippen LogP contribution in [0.2, 0.25) is 0 Å². The second-order valence-electron chi connectivity index (χ2n) is 6.53. The number of halogens is 3. The minimum atomic E-state index is -4.43. The third-order valence-corrected chi connectivity index (χ3v) is 4.82. The van der Waals surface area contributed by atoms with Gasteiger partial charge in [-0.3, -0.25) is 0 Å². The lowest BCUT2D eigenvalue weighted by Gasteiger charge is -2.29. The molecule has 2 nitrogen and oxygen atoms in total. The minimum Gasteiger partial charge on any atom is -0.497 e. The fourth-order valence-electron chi connectivity index (χ4n) is 3.25. The number of rotatable bonds is 4. The summed E-state index contributed by atoms with van der Waals surface area (Å²) in [4.78, 5) is 0. The maximum atomic E-state index is 13.0. The zero-order chi connectivity index (χ0) is 20.4. The number of ether oxygens (including phenoxy) is 1. The van der Waals surface area contributed by atoms with Crippen LogP contribution in [0.1, 0.15) is 27.8 Å². The van der Waals surface area contributed by atoms with Gasteiger partial charge >= 0.3 is 6.18 Å². The summed E-state index contributed by atoms with van der Waals surface area (Å²) in [6.45, 7) is 1.93. The molecule has 0 bridgehead atoms. The normalized spacial score (nSPS) is 13.4. The number of nitriles is 1. The third-order valence-electron chi connectivity index (χ3n) is 4.82. The van der Waals surface area contributed by atoms with E-state index in [0.717, 1.165) is 17.7 Å². The summed E-state index contributed by atoms with van der Waals surface area (Å²) in [5.41, 5.74) is 0.839. The van der Waals surface area contributed by atoms with E-state index in [1.807, 2.05) is 31.2 Å².